The zero-order chi connectivity index (χ0) is 14.2. The highest BCUT2D eigenvalue weighted by atomic mass is 79.9. The molecule has 0 aliphatic heterocycles. The quantitative estimate of drug-likeness (QED) is 0.747. The van der Waals surface area contributed by atoms with Gasteiger partial charge in [-0.3, -0.25) is 0 Å². The lowest BCUT2D eigenvalue weighted by Crippen LogP contribution is -2.02. The summed E-state index contributed by atoms with van der Waals surface area (Å²) >= 11 is 3.81. The zero-order valence-electron chi connectivity index (χ0n) is 9.99. The molecule has 0 unspecified atom stereocenters. The fourth-order valence-electron chi connectivity index (χ4n) is 1.34. The second-order valence-electron chi connectivity index (χ2n) is 4.12. The number of hydrogen-bond donors (Lipinski definition) is 0. The van der Waals surface area contributed by atoms with Crippen LogP contribution in [0.1, 0.15) is 30.6 Å². The Bertz CT molecular complexity index is 595. The van der Waals surface area contributed by atoms with Gasteiger partial charge in [-0.05, 0) is 22.0 Å². The van der Waals surface area contributed by atoms with Gasteiger partial charge in [0, 0.05) is 12.1 Å². The van der Waals surface area contributed by atoms with Gasteiger partial charge in [0.1, 0.15) is 10.4 Å². The van der Waals surface area contributed by atoms with Crippen molar-refractivity contribution in [2.45, 2.75) is 25.9 Å². The van der Waals surface area contributed by atoms with Gasteiger partial charge in [-0.15, -0.1) is 11.3 Å². The van der Waals surface area contributed by atoms with Crippen molar-refractivity contribution in [3.63, 3.8) is 0 Å². The number of thiazole rings is 1. The summed E-state index contributed by atoms with van der Waals surface area (Å²) in [5.41, 5.74) is 0.443. The maximum absolute atomic E-state index is 12.5. The van der Waals surface area contributed by atoms with Crippen molar-refractivity contribution >= 4 is 27.3 Å². The molecule has 0 N–H and O–H groups in total. The predicted molar refractivity (Wildman–Crippen MR) is 69.9 cm³/mol. The lowest BCUT2D eigenvalue weighted by Gasteiger charge is -2.06. The lowest BCUT2D eigenvalue weighted by atomic mass is 10.2. The van der Waals surface area contributed by atoms with Gasteiger partial charge >= 0.3 is 6.18 Å². The molecule has 0 amide bonds. The molecule has 3 nitrogen and oxygen atoms in total. The van der Waals surface area contributed by atoms with E-state index in [1.807, 2.05) is 13.8 Å². The monoisotopic (exact) mass is 351 g/mol. The molecule has 2 rings (SSSR count). The van der Waals surface area contributed by atoms with Crippen molar-refractivity contribution < 1.29 is 13.2 Å². The first-order valence-corrected chi connectivity index (χ1v) is 6.96. The van der Waals surface area contributed by atoms with E-state index in [0.717, 1.165) is 0 Å². The first-order chi connectivity index (χ1) is 8.77. The van der Waals surface area contributed by atoms with E-state index in [9.17, 15) is 13.2 Å². The highest BCUT2D eigenvalue weighted by Gasteiger charge is 2.34. The molecule has 2 heterocycles. The molecule has 0 saturated heterocycles. The summed E-state index contributed by atoms with van der Waals surface area (Å²) in [5.74, 6) is 0.664. The van der Waals surface area contributed by atoms with E-state index in [-0.39, 0.29) is 5.92 Å². The molecule has 0 atom stereocenters. The van der Waals surface area contributed by atoms with Crippen LogP contribution in [0.15, 0.2) is 16.9 Å². The Balaban J connectivity index is 2.44. The summed E-state index contributed by atoms with van der Waals surface area (Å²) in [5, 5.41) is -0.872. The van der Waals surface area contributed by atoms with E-state index in [1.165, 1.54) is 6.20 Å². The molecule has 0 bridgehead atoms. The molecule has 0 aliphatic rings. The second-order valence-corrected chi connectivity index (χ2v) is 5.96. The fourth-order valence-corrected chi connectivity index (χ4v) is 2.49. The van der Waals surface area contributed by atoms with Crippen LogP contribution in [0.4, 0.5) is 13.2 Å². The third kappa shape index (κ3) is 3.30. The number of halogens is 4. The summed E-state index contributed by atoms with van der Waals surface area (Å²) in [6.45, 7) is 3.83. The van der Waals surface area contributed by atoms with Gasteiger partial charge in [-0.1, -0.05) is 13.8 Å². The number of aromatic nitrogens is 3. The minimum Gasteiger partial charge on any atom is -0.240 e. The molecular weight excluding hydrogens is 343 g/mol. The summed E-state index contributed by atoms with van der Waals surface area (Å²) in [4.78, 5) is 12.2. The minimum absolute atomic E-state index is 0.0891. The van der Waals surface area contributed by atoms with E-state index in [1.54, 1.807) is 6.07 Å². The van der Waals surface area contributed by atoms with E-state index >= 15 is 0 Å². The molecule has 19 heavy (non-hydrogen) atoms. The fraction of sp³-hybridized carbons (Fsp3) is 0.364. The van der Waals surface area contributed by atoms with Crippen LogP contribution in [0.25, 0.3) is 10.6 Å². The Labute approximate surface area is 120 Å². The van der Waals surface area contributed by atoms with Crippen LogP contribution in [0.5, 0.6) is 0 Å². The highest BCUT2D eigenvalue weighted by Crippen LogP contribution is 2.36. The lowest BCUT2D eigenvalue weighted by molar-refractivity contribution is -0.137. The van der Waals surface area contributed by atoms with Crippen LogP contribution in [-0.4, -0.2) is 15.0 Å². The summed E-state index contributed by atoms with van der Waals surface area (Å²) in [6, 6.07) is 1.58. The van der Waals surface area contributed by atoms with Crippen molar-refractivity contribution in [3.05, 3.63) is 27.7 Å². The normalized spacial score (nSPS) is 12.2. The zero-order valence-corrected chi connectivity index (χ0v) is 12.4. The van der Waals surface area contributed by atoms with Crippen molar-refractivity contribution in [2.24, 2.45) is 0 Å². The van der Waals surface area contributed by atoms with Crippen molar-refractivity contribution in [3.8, 4) is 10.6 Å². The van der Waals surface area contributed by atoms with Crippen LogP contribution < -0.4 is 0 Å². The highest BCUT2D eigenvalue weighted by molar-refractivity contribution is 9.10. The number of rotatable bonds is 2. The van der Waals surface area contributed by atoms with E-state index < -0.39 is 11.2 Å². The molecular formula is C11H9BrF3N3S. The molecule has 102 valence electrons. The van der Waals surface area contributed by atoms with Gasteiger partial charge in [0.2, 0.25) is 0 Å². The molecule has 0 saturated carbocycles. The molecule has 8 heteroatoms. The van der Waals surface area contributed by atoms with Gasteiger partial charge in [0.25, 0.3) is 0 Å². The van der Waals surface area contributed by atoms with Crippen LogP contribution in [0.2, 0.25) is 0 Å². The van der Waals surface area contributed by atoms with Crippen LogP contribution in [0, 0.1) is 0 Å². The molecule has 0 fully saturated rings. The Hall–Kier alpha value is -1.02. The van der Waals surface area contributed by atoms with Gasteiger partial charge in [0.15, 0.2) is 5.01 Å². The van der Waals surface area contributed by atoms with Gasteiger partial charge in [-0.25, -0.2) is 15.0 Å². The van der Waals surface area contributed by atoms with E-state index in [0.29, 0.717) is 32.3 Å². The second kappa shape index (κ2) is 5.16. The Kier molecular flexibility index (Phi) is 3.91. The third-order valence-corrected chi connectivity index (χ3v) is 3.70. The Morgan fingerprint density at radius 2 is 1.95 bits per heavy atom. The summed E-state index contributed by atoms with van der Waals surface area (Å²) < 4.78 is 38.1. The number of alkyl halides is 3. The van der Waals surface area contributed by atoms with Crippen molar-refractivity contribution in [1.82, 2.24) is 15.0 Å². The average Bonchev–Trinajstić information content (AvgIpc) is 2.76. The summed E-state index contributed by atoms with van der Waals surface area (Å²) in [7, 11) is 0. The predicted octanol–water partition coefficient (Wildman–Crippen LogP) is 4.50. The van der Waals surface area contributed by atoms with Crippen LogP contribution in [-0.2, 0) is 6.18 Å². The topological polar surface area (TPSA) is 38.7 Å². The smallest absolute Gasteiger partial charge is 0.240 e. The maximum Gasteiger partial charge on any atom is 0.443 e. The van der Waals surface area contributed by atoms with Crippen molar-refractivity contribution in [2.75, 3.05) is 0 Å². The van der Waals surface area contributed by atoms with Crippen LogP contribution in [0.3, 0.4) is 0 Å². The van der Waals surface area contributed by atoms with Crippen LogP contribution >= 0.6 is 27.3 Å². The first-order valence-electron chi connectivity index (χ1n) is 5.35. The standard InChI is InChI=1S/C11H9BrF3N3S/c1-5(2)9-17-6(3-8(12)18-9)7-4-16-10(19-7)11(13,14)15/h3-5H,1-2H3. The Morgan fingerprint density at radius 1 is 1.26 bits per heavy atom. The number of hydrogen-bond acceptors (Lipinski definition) is 4. The van der Waals surface area contributed by atoms with E-state index in [2.05, 4.69) is 30.9 Å². The minimum atomic E-state index is -4.42. The molecule has 2 aromatic heterocycles. The summed E-state index contributed by atoms with van der Waals surface area (Å²) in [6.07, 6.45) is -3.24. The SMILES string of the molecule is CC(C)c1nc(Br)cc(-c2cnc(C(F)(F)F)s2)n1. The van der Waals surface area contributed by atoms with E-state index in [4.69, 9.17) is 0 Å². The largest absolute Gasteiger partial charge is 0.443 e. The first kappa shape index (κ1) is 14.4. The van der Waals surface area contributed by atoms with Gasteiger partial charge in [0.05, 0.1) is 10.6 Å². The van der Waals surface area contributed by atoms with Gasteiger partial charge < -0.3 is 0 Å². The third-order valence-electron chi connectivity index (χ3n) is 2.23. The van der Waals surface area contributed by atoms with Gasteiger partial charge in [-0.2, -0.15) is 13.2 Å². The molecule has 0 aliphatic carbocycles. The van der Waals surface area contributed by atoms with Crippen molar-refractivity contribution in [1.29, 1.82) is 0 Å². The molecule has 0 radical (unpaired) electrons. The number of nitrogens with zero attached hydrogens (tertiary/aromatic N) is 3. The maximum atomic E-state index is 12.5. The molecule has 0 aromatic carbocycles. The molecule has 2 aromatic rings. The Morgan fingerprint density at radius 3 is 2.47 bits per heavy atom. The average molecular weight is 352 g/mol. The molecule has 0 spiro atoms.